The van der Waals surface area contributed by atoms with E-state index in [2.05, 4.69) is 0 Å². The standard InChI is InChI=1S/C16H11NO3/c18-15-8-14-10-3-1-2-4-11(10)16(15)12-6-5-9(17(19)20)7-13(12)14/h1-7,14,16H,8H2/t14-,16+/m0/s1. The zero-order valence-electron chi connectivity index (χ0n) is 10.6. The highest BCUT2D eigenvalue weighted by molar-refractivity contribution is 5.95. The van der Waals surface area contributed by atoms with E-state index >= 15 is 0 Å². The molecule has 2 atom stereocenters. The molecule has 0 aliphatic heterocycles. The van der Waals surface area contributed by atoms with E-state index in [1.54, 1.807) is 12.1 Å². The van der Waals surface area contributed by atoms with Gasteiger partial charge in [-0.25, -0.2) is 0 Å². The Bertz CT molecular complexity index is 766. The minimum atomic E-state index is -0.379. The zero-order valence-corrected chi connectivity index (χ0v) is 10.6. The van der Waals surface area contributed by atoms with E-state index in [0.29, 0.717) is 6.42 Å². The fourth-order valence-electron chi connectivity index (χ4n) is 3.55. The number of nitrogens with zero attached hydrogens (tertiary/aromatic N) is 1. The minimum Gasteiger partial charge on any atom is -0.299 e. The van der Waals surface area contributed by atoms with Crippen molar-refractivity contribution in [3.8, 4) is 0 Å². The summed E-state index contributed by atoms with van der Waals surface area (Å²) in [7, 11) is 0. The van der Waals surface area contributed by atoms with Crippen LogP contribution in [0.2, 0.25) is 0 Å². The molecule has 0 N–H and O–H groups in total. The van der Waals surface area contributed by atoms with E-state index in [1.165, 1.54) is 6.07 Å². The molecule has 4 heteroatoms. The molecule has 0 spiro atoms. The first-order valence-corrected chi connectivity index (χ1v) is 6.56. The van der Waals surface area contributed by atoms with Crippen LogP contribution in [0.25, 0.3) is 0 Å². The number of carbonyl (C=O) groups is 1. The van der Waals surface area contributed by atoms with E-state index in [4.69, 9.17) is 0 Å². The monoisotopic (exact) mass is 265 g/mol. The molecule has 0 fully saturated rings. The Labute approximate surface area is 115 Å². The molecule has 2 aromatic carbocycles. The van der Waals surface area contributed by atoms with Gasteiger partial charge in [-0.2, -0.15) is 0 Å². The first-order valence-electron chi connectivity index (χ1n) is 6.56. The van der Waals surface area contributed by atoms with Crippen molar-refractivity contribution < 1.29 is 9.72 Å². The first kappa shape index (κ1) is 11.3. The van der Waals surface area contributed by atoms with E-state index in [1.807, 2.05) is 24.3 Å². The maximum absolute atomic E-state index is 12.3. The third-order valence-corrected chi connectivity index (χ3v) is 4.38. The molecule has 2 bridgehead atoms. The predicted molar refractivity (Wildman–Crippen MR) is 72.8 cm³/mol. The molecule has 0 saturated heterocycles. The number of hydrogen-bond donors (Lipinski definition) is 0. The molecule has 5 rings (SSSR count). The largest absolute Gasteiger partial charge is 0.299 e. The highest BCUT2D eigenvalue weighted by atomic mass is 16.6. The summed E-state index contributed by atoms with van der Waals surface area (Å²) in [5, 5.41) is 10.9. The fraction of sp³-hybridized carbons (Fsp3) is 0.188. The van der Waals surface area contributed by atoms with Crippen LogP contribution in [0.1, 0.15) is 40.5 Å². The molecule has 0 unspecified atom stereocenters. The Morgan fingerprint density at radius 1 is 1.00 bits per heavy atom. The summed E-state index contributed by atoms with van der Waals surface area (Å²) in [4.78, 5) is 22.8. The van der Waals surface area contributed by atoms with Crippen LogP contribution >= 0.6 is 0 Å². The SMILES string of the molecule is O=C1C[C@H]2c3ccccc3[C@@H]1c1ccc([N+](=O)[O-])cc12. The van der Waals surface area contributed by atoms with Crippen molar-refractivity contribution >= 4 is 11.5 Å². The lowest BCUT2D eigenvalue weighted by Gasteiger charge is -2.38. The van der Waals surface area contributed by atoms with Crippen molar-refractivity contribution in [1.29, 1.82) is 0 Å². The van der Waals surface area contributed by atoms with E-state index in [9.17, 15) is 14.9 Å². The summed E-state index contributed by atoms with van der Waals surface area (Å²) < 4.78 is 0. The zero-order chi connectivity index (χ0) is 13.9. The second-order valence-electron chi connectivity index (χ2n) is 5.36. The van der Waals surface area contributed by atoms with Crippen molar-refractivity contribution in [2.75, 3.05) is 0 Å². The van der Waals surface area contributed by atoms with Gasteiger partial charge in [0.1, 0.15) is 5.78 Å². The van der Waals surface area contributed by atoms with Crippen LogP contribution in [-0.2, 0) is 4.79 Å². The van der Waals surface area contributed by atoms with Crippen molar-refractivity contribution in [2.45, 2.75) is 18.3 Å². The van der Waals surface area contributed by atoms with Crippen molar-refractivity contribution in [1.82, 2.24) is 0 Å². The lowest BCUT2D eigenvalue weighted by atomic mass is 9.63. The second kappa shape index (κ2) is 3.76. The molecule has 2 aromatic rings. The van der Waals surface area contributed by atoms with Gasteiger partial charge in [-0.05, 0) is 22.3 Å². The van der Waals surface area contributed by atoms with Crippen LogP contribution in [-0.4, -0.2) is 10.7 Å². The molecule has 4 nitrogen and oxygen atoms in total. The normalized spacial score (nSPS) is 22.3. The molecule has 3 aliphatic carbocycles. The third kappa shape index (κ3) is 1.33. The molecule has 0 radical (unpaired) electrons. The molecular formula is C16H11NO3. The molecule has 98 valence electrons. The van der Waals surface area contributed by atoms with Gasteiger partial charge in [0.15, 0.2) is 0 Å². The quantitative estimate of drug-likeness (QED) is 0.588. The summed E-state index contributed by atoms with van der Waals surface area (Å²) in [6.07, 6.45) is 0.454. The van der Waals surface area contributed by atoms with Crippen molar-refractivity contribution in [2.24, 2.45) is 0 Å². The Kier molecular flexibility index (Phi) is 2.13. The number of fused-ring (bicyclic) bond motifs is 1. The Morgan fingerprint density at radius 3 is 2.45 bits per heavy atom. The Hall–Kier alpha value is -2.49. The fourth-order valence-corrected chi connectivity index (χ4v) is 3.55. The van der Waals surface area contributed by atoms with Gasteiger partial charge in [0.05, 0.1) is 10.8 Å². The Balaban J connectivity index is 1.99. The number of nitro groups is 1. The minimum absolute atomic E-state index is 0.0291. The van der Waals surface area contributed by atoms with Crippen LogP contribution < -0.4 is 0 Å². The smallest absolute Gasteiger partial charge is 0.269 e. The number of nitro benzene ring substituents is 1. The van der Waals surface area contributed by atoms with Crippen LogP contribution in [0.15, 0.2) is 42.5 Å². The van der Waals surface area contributed by atoms with E-state index in [0.717, 1.165) is 22.3 Å². The van der Waals surface area contributed by atoms with Gasteiger partial charge in [0, 0.05) is 24.5 Å². The lowest BCUT2D eigenvalue weighted by molar-refractivity contribution is -0.385. The average molecular weight is 265 g/mol. The summed E-state index contributed by atoms with van der Waals surface area (Å²) in [6, 6.07) is 12.8. The molecule has 0 amide bonds. The van der Waals surface area contributed by atoms with Gasteiger partial charge < -0.3 is 0 Å². The predicted octanol–water partition coefficient (Wildman–Crippen LogP) is 3.14. The van der Waals surface area contributed by atoms with Crippen molar-refractivity contribution in [3.05, 3.63) is 74.8 Å². The number of hydrogen-bond acceptors (Lipinski definition) is 3. The van der Waals surface area contributed by atoms with Gasteiger partial charge in [0.2, 0.25) is 0 Å². The number of rotatable bonds is 1. The molecular weight excluding hydrogens is 254 g/mol. The molecule has 0 heterocycles. The molecule has 0 aromatic heterocycles. The van der Waals surface area contributed by atoms with Crippen molar-refractivity contribution in [3.63, 3.8) is 0 Å². The van der Waals surface area contributed by atoms with Gasteiger partial charge in [-0.15, -0.1) is 0 Å². The van der Waals surface area contributed by atoms with Crippen LogP contribution in [0.4, 0.5) is 5.69 Å². The highest BCUT2D eigenvalue weighted by Gasteiger charge is 2.42. The molecule has 3 aliphatic rings. The molecule has 0 saturated carbocycles. The highest BCUT2D eigenvalue weighted by Crippen LogP contribution is 2.51. The van der Waals surface area contributed by atoms with E-state index < -0.39 is 0 Å². The number of benzene rings is 2. The average Bonchev–Trinajstić information content (AvgIpc) is 2.47. The lowest BCUT2D eigenvalue weighted by Crippen LogP contribution is -2.32. The van der Waals surface area contributed by atoms with Gasteiger partial charge >= 0.3 is 0 Å². The third-order valence-electron chi connectivity index (χ3n) is 4.38. The maximum Gasteiger partial charge on any atom is 0.269 e. The maximum atomic E-state index is 12.3. The number of Topliss-reactive ketones (excluding diaryl/α,β-unsaturated/α-hetero) is 1. The second-order valence-corrected chi connectivity index (χ2v) is 5.36. The number of non-ortho nitro benzene ring substituents is 1. The van der Waals surface area contributed by atoms with Crippen LogP contribution in [0.3, 0.4) is 0 Å². The summed E-state index contributed by atoms with van der Waals surface area (Å²) in [5.74, 6) is -0.0549. The van der Waals surface area contributed by atoms with Gasteiger partial charge in [-0.1, -0.05) is 30.3 Å². The summed E-state index contributed by atoms with van der Waals surface area (Å²) >= 11 is 0. The number of ketones is 1. The van der Waals surface area contributed by atoms with Crippen LogP contribution in [0, 0.1) is 10.1 Å². The Morgan fingerprint density at radius 2 is 1.70 bits per heavy atom. The number of carbonyl (C=O) groups excluding carboxylic acids is 1. The topological polar surface area (TPSA) is 60.2 Å². The van der Waals surface area contributed by atoms with Gasteiger partial charge in [0.25, 0.3) is 5.69 Å². The van der Waals surface area contributed by atoms with Crippen LogP contribution in [0.5, 0.6) is 0 Å². The summed E-state index contributed by atoms with van der Waals surface area (Å²) in [5.41, 5.74) is 4.19. The van der Waals surface area contributed by atoms with Gasteiger partial charge in [-0.3, -0.25) is 14.9 Å². The first-order chi connectivity index (χ1) is 9.66. The van der Waals surface area contributed by atoms with E-state index in [-0.39, 0.29) is 28.2 Å². The molecule has 20 heavy (non-hydrogen) atoms. The summed E-state index contributed by atoms with van der Waals surface area (Å²) in [6.45, 7) is 0.